The van der Waals surface area contributed by atoms with Crippen LogP contribution in [0.25, 0.3) is 0 Å². The number of anilines is 1. The van der Waals surface area contributed by atoms with Crippen LogP contribution in [-0.4, -0.2) is 18.6 Å². The molecule has 0 heterocycles. The van der Waals surface area contributed by atoms with Gasteiger partial charge < -0.3 is 10.1 Å². The zero-order valence-electron chi connectivity index (χ0n) is 13.2. The molecule has 2 aromatic carbocycles. The molecule has 0 aliphatic rings. The summed E-state index contributed by atoms with van der Waals surface area (Å²) in [6, 6.07) is 16.3. The molecule has 0 fully saturated rings. The van der Waals surface area contributed by atoms with Gasteiger partial charge >= 0.3 is 6.09 Å². The quantitative estimate of drug-likeness (QED) is 0.883. The lowest BCUT2D eigenvalue weighted by atomic mass is 10.1. The van der Waals surface area contributed by atoms with Crippen LogP contribution in [-0.2, 0) is 4.74 Å². The lowest BCUT2D eigenvalue weighted by molar-refractivity contribution is 0.0940. The molecular formula is C18H20N2O3. The van der Waals surface area contributed by atoms with Gasteiger partial charge in [-0.2, -0.15) is 0 Å². The third kappa shape index (κ3) is 4.85. The minimum absolute atomic E-state index is 0.0824. The molecule has 2 amide bonds. The van der Waals surface area contributed by atoms with Crippen LogP contribution in [0.15, 0.2) is 54.6 Å². The molecule has 2 N–H and O–H groups in total. The molecule has 0 radical (unpaired) electrons. The SMILES string of the molecule is CCOC(=O)Nc1ccc(C(=O)NC(C)c2ccccc2)cc1. The van der Waals surface area contributed by atoms with Crippen molar-refractivity contribution in [1.82, 2.24) is 5.32 Å². The van der Waals surface area contributed by atoms with Crippen LogP contribution >= 0.6 is 0 Å². The average Bonchev–Trinajstić information content (AvgIpc) is 2.56. The highest BCUT2D eigenvalue weighted by molar-refractivity contribution is 5.95. The van der Waals surface area contributed by atoms with Gasteiger partial charge in [0.2, 0.25) is 0 Å². The van der Waals surface area contributed by atoms with E-state index in [1.165, 1.54) is 0 Å². The maximum atomic E-state index is 12.2. The number of hydrogen-bond acceptors (Lipinski definition) is 3. The highest BCUT2D eigenvalue weighted by Gasteiger charge is 2.11. The van der Waals surface area contributed by atoms with Gasteiger partial charge in [0.1, 0.15) is 0 Å². The Labute approximate surface area is 135 Å². The van der Waals surface area contributed by atoms with E-state index in [1.807, 2.05) is 37.3 Å². The third-order valence-electron chi connectivity index (χ3n) is 3.32. The third-order valence-corrected chi connectivity index (χ3v) is 3.32. The van der Waals surface area contributed by atoms with Crippen molar-refractivity contribution in [2.24, 2.45) is 0 Å². The maximum absolute atomic E-state index is 12.2. The highest BCUT2D eigenvalue weighted by atomic mass is 16.5. The molecule has 2 rings (SSSR count). The fourth-order valence-corrected chi connectivity index (χ4v) is 2.09. The van der Waals surface area contributed by atoms with Crippen molar-refractivity contribution < 1.29 is 14.3 Å². The van der Waals surface area contributed by atoms with Crippen molar-refractivity contribution >= 4 is 17.7 Å². The number of benzene rings is 2. The molecular weight excluding hydrogens is 292 g/mol. The average molecular weight is 312 g/mol. The Hall–Kier alpha value is -2.82. The van der Waals surface area contributed by atoms with Crippen molar-refractivity contribution in [2.45, 2.75) is 19.9 Å². The van der Waals surface area contributed by atoms with Gasteiger partial charge in [-0.05, 0) is 43.7 Å². The van der Waals surface area contributed by atoms with Crippen molar-refractivity contribution in [3.05, 3.63) is 65.7 Å². The van der Waals surface area contributed by atoms with Crippen LogP contribution in [0.3, 0.4) is 0 Å². The van der Waals surface area contributed by atoms with E-state index in [2.05, 4.69) is 10.6 Å². The Bertz CT molecular complexity index is 654. The van der Waals surface area contributed by atoms with E-state index in [9.17, 15) is 9.59 Å². The maximum Gasteiger partial charge on any atom is 0.411 e. The molecule has 0 aliphatic heterocycles. The standard InChI is InChI=1S/C18H20N2O3/c1-3-23-18(22)20-16-11-9-15(10-12-16)17(21)19-13(2)14-7-5-4-6-8-14/h4-13H,3H2,1-2H3,(H,19,21)(H,20,22). The van der Waals surface area contributed by atoms with Crippen molar-refractivity contribution in [2.75, 3.05) is 11.9 Å². The molecule has 1 atom stereocenters. The molecule has 1 unspecified atom stereocenters. The molecule has 0 spiro atoms. The molecule has 2 aromatic rings. The molecule has 120 valence electrons. The highest BCUT2D eigenvalue weighted by Crippen LogP contribution is 2.14. The Morgan fingerprint density at radius 1 is 1.04 bits per heavy atom. The van der Waals surface area contributed by atoms with Crippen LogP contribution < -0.4 is 10.6 Å². The summed E-state index contributed by atoms with van der Waals surface area (Å²) < 4.78 is 4.80. The van der Waals surface area contributed by atoms with E-state index in [1.54, 1.807) is 31.2 Å². The zero-order chi connectivity index (χ0) is 16.7. The summed E-state index contributed by atoms with van der Waals surface area (Å²) in [7, 11) is 0. The lowest BCUT2D eigenvalue weighted by Crippen LogP contribution is -2.26. The van der Waals surface area contributed by atoms with Crippen LogP contribution in [0.1, 0.15) is 35.8 Å². The fraction of sp³-hybridized carbons (Fsp3) is 0.222. The number of amides is 2. The first-order valence-electron chi connectivity index (χ1n) is 7.49. The summed E-state index contributed by atoms with van der Waals surface area (Å²) in [5, 5.41) is 5.52. The second kappa shape index (κ2) is 7.98. The Morgan fingerprint density at radius 2 is 1.70 bits per heavy atom. The van der Waals surface area contributed by atoms with Gasteiger partial charge in [-0.1, -0.05) is 30.3 Å². The Morgan fingerprint density at radius 3 is 2.30 bits per heavy atom. The zero-order valence-corrected chi connectivity index (χ0v) is 13.2. The number of ether oxygens (including phenoxy) is 1. The van der Waals surface area contributed by atoms with E-state index < -0.39 is 6.09 Å². The van der Waals surface area contributed by atoms with Crippen LogP contribution in [0, 0.1) is 0 Å². The number of carbonyl (C=O) groups excluding carboxylic acids is 2. The summed E-state index contributed by atoms with van der Waals surface area (Å²) in [6.45, 7) is 3.98. The van der Waals surface area contributed by atoms with Crippen LogP contribution in [0.4, 0.5) is 10.5 Å². The van der Waals surface area contributed by atoms with Crippen molar-refractivity contribution in [3.8, 4) is 0 Å². The normalized spacial score (nSPS) is 11.4. The summed E-state index contributed by atoms with van der Waals surface area (Å²) in [5.74, 6) is -0.163. The van der Waals surface area contributed by atoms with Gasteiger partial charge in [-0.25, -0.2) is 4.79 Å². The number of hydrogen-bond donors (Lipinski definition) is 2. The van der Waals surface area contributed by atoms with E-state index in [0.717, 1.165) is 5.56 Å². The van der Waals surface area contributed by atoms with Crippen molar-refractivity contribution in [1.29, 1.82) is 0 Å². The summed E-state index contributed by atoms with van der Waals surface area (Å²) in [4.78, 5) is 23.6. The Kier molecular flexibility index (Phi) is 5.74. The summed E-state index contributed by atoms with van der Waals surface area (Å²) >= 11 is 0. The van der Waals surface area contributed by atoms with Gasteiger partial charge in [0.25, 0.3) is 5.91 Å². The minimum Gasteiger partial charge on any atom is -0.450 e. The summed E-state index contributed by atoms with van der Waals surface area (Å²) in [5.41, 5.74) is 2.15. The molecule has 0 bridgehead atoms. The van der Waals surface area contributed by atoms with Crippen LogP contribution in [0.5, 0.6) is 0 Å². The van der Waals surface area contributed by atoms with E-state index in [-0.39, 0.29) is 11.9 Å². The van der Waals surface area contributed by atoms with E-state index >= 15 is 0 Å². The number of rotatable bonds is 5. The van der Waals surface area contributed by atoms with Crippen molar-refractivity contribution in [3.63, 3.8) is 0 Å². The van der Waals surface area contributed by atoms with E-state index in [0.29, 0.717) is 17.9 Å². The molecule has 0 aromatic heterocycles. The summed E-state index contributed by atoms with van der Waals surface area (Å²) in [6.07, 6.45) is -0.512. The Balaban J connectivity index is 1.96. The first kappa shape index (κ1) is 16.5. The smallest absolute Gasteiger partial charge is 0.411 e. The first-order chi connectivity index (χ1) is 11.1. The first-order valence-corrected chi connectivity index (χ1v) is 7.49. The van der Waals surface area contributed by atoms with Gasteiger partial charge in [-0.15, -0.1) is 0 Å². The second-order valence-corrected chi connectivity index (χ2v) is 5.03. The number of carbonyl (C=O) groups is 2. The second-order valence-electron chi connectivity index (χ2n) is 5.03. The topological polar surface area (TPSA) is 67.4 Å². The number of nitrogens with one attached hydrogen (secondary N) is 2. The molecule has 0 aliphatic carbocycles. The molecule has 0 saturated heterocycles. The van der Waals surface area contributed by atoms with Gasteiger partial charge in [0, 0.05) is 11.3 Å². The molecule has 5 heteroatoms. The minimum atomic E-state index is -0.512. The fourth-order valence-electron chi connectivity index (χ4n) is 2.09. The molecule has 23 heavy (non-hydrogen) atoms. The molecule has 5 nitrogen and oxygen atoms in total. The largest absolute Gasteiger partial charge is 0.450 e. The van der Waals surface area contributed by atoms with Crippen LogP contribution in [0.2, 0.25) is 0 Å². The predicted molar refractivity (Wildman–Crippen MR) is 89.4 cm³/mol. The lowest BCUT2D eigenvalue weighted by Gasteiger charge is -2.14. The monoisotopic (exact) mass is 312 g/mol. The van der Waals surface area contributed by atoms with E-state index in [4.69, 9.17) is 4.74 Å². The van der Waals surface area contributed by atoms with Gasteiger partial charge in [0.05, 0.1) is 12.6 Å². The predicted octanol–water partition coefficient (Wildman–Crippen LogP) is 3.75. The van der Waals surface area contributed by atoms with Gasteiger partial charge in [-0.3, -0.25) is 10.1 Å². The molecule has 0 saturated carbocycles. The van der Waals surface area contributed by atoms with Gasteiger partial charge in [0.15, 0.2) is 0 Å².